The fourth-order valence-electron chi connectivity index (χ4n) is 2.85. The maximum atomic E-state index is 14.0. The summed E-state index contributed by atoms with van der Waals surface area (Å²) in [5.41, 5.74) is 1.28. The lowest BCUT2D eigenvalue weighted by Gasteiger charge is -2.18. The van der Waals surface area contributed by atoms with Crippen LogP contribution >= 0.6 is 11.6 Å². The minimum atomic E-state index is -0.664. The minimum absolute atomic E-state index is 0.0689. The van der Waals surface area contributed by atoms with Crippen molar-refractivity contribution in [2.75, 3.05) is 12.0 Å². The van der Waals surface area contributed by atoms with Crippen LogP contribution in [0.5, 0.6) is 0 Å². The van der Waals surface area contributed by atoms with E-state index in [1.54, 1.807) is 43.3 Å². The number of nitrogens with zero attached hydrogens (tertiary/aromatic N) is 1. The first-order valence-corrected chi connectivity index (χ1v) is 8.17. The van der Waals surface area contributed by atoms with Crippen molar-refractivity contribution in [3.05, 3.63) is 81.8 Å². The summed E-state index contributed by atoms with van der Waals surface area (Å²) in [6.45, 7) is 1.63. The van der Waals surface area contributed by atoms with Crippen molar-refractivity contribution in [2.24, 2.45) is 0 Å². The van der Waals surface area contributed by atoms with Gasteiger partial charge >= 0.3 is 5.97 Å². The number of anilines is 1. The number of benzene rings is 2. The van der Waals surface area contributed by atoms with Crippen molar-refractivity contribution in [1.29, 1.82) is 0 Å². The molecule has 0 unspecified atom stereocenters. The van der Waals surface area contributed by atoms with E-state index in [0.717, 1.165) is 0 Å². The van der Waals surface area contributed by atoms with E-state index in [1.165, 1.54) is 30.2 Å². The van der Waals surface area contributed by atoms with Gasteiger partial charge in [0, 0.05) is 16.3 Å². The van der Waals surface area contributed by atoms with Gasteiger partial charge in [-0.25, -0.2) is 9.18 Å². The molecular weight excluding hydrogens is 357 g/mol. The number of methoxy groups -OCH3 is 1. The smallest absolute Gasteiger partial charge is 0.340 e. The van der Waals surface area contributed by atoms with Gasteiger partial charge in [-0.15, -0.1) is 0 Å². The number of carbonyl (C=O) groups is 2. The zero-order chi connectivity index (χ0) is 18.8. The van der Waals surface area contributed by atoms with Gasteiger partial charge in [0.25, 0.3) is 5.91 Å². The summed E-state index contributed by atoms with van der Waals surface area (Å²) >= 11 is 6.02. The topological polar surface area (TPSA) is 46.6 Å². The number of halogens is 2. The molecule has 2 aromatic rings. The number of allylic oxidation sites excluding steroid dienone is 1. The van der Waals surface area contributed by atoms with Gasteiger partial charge in [0.15, 0.2) is 0 Å². The normalized spacial score (nSPS) is 15.8. The highest BCUT2D eigenvalue weighted by molar-refractivity contribution is 6.31. The molecule has 1 heterocycles. The standard InChI is InChI=1S/C20H15ClFNO3/c1-12-18(20(25)26-2)16(10-13-6-3-4-9-17(13)22)19(24)23(12)15-8-5-7-14(21)11-15/h3-11H,1-2H3/b16-10-. The largest absolute Gasteiger partial charge is 0.465 e. The summed E-state index contributed by atoms with van der Waals surface area (Å²) in [7, 11) is 1.23. The van der Waals surface area contributed by atoms with E-state index in [0.29, 0.717) is 16.4 Å². The molecule has 0 aliphatic carbocycles. The van der Waals surface area contributed by atoms with Crippen LogP contribution in [0.25, 0.3) is 6.08 Å². The Morgan fingerprint density at radius 3 is 2.58 bits per heavy atom. The Balaban J connectivity index is 2.17. The summed E-state index contributed by atoms with van der Waals surface area (Å²) in [5.74, 6) is -1.60. The highest BCUT2D eigenvalue weighted by Crippen LogP contribution is 2.36. The Morgan fingerprint density at radius 1 is 1.19 bits per heavy atom. The number of carbonyl (C=O) groups excluding carboxylic acids is 2. The van der Waals surface area contributed by atoms with E-state index in [2.05, 4.69) is 0 Å². The van der Waals surface area contributed by atoms with Gasteiger partial charge < -0.3 is 4.74 Å². The minimum Gasteiger partial charge on any atom is -0.465 e. The lowest BCUT2D eigenvalue weighted by Crippen LogP contribution is -2.24. The van der Waals surface area contributed by atoms with Crippen molar-refractivity contribution in [3.63, 3.8) is 0 Å². The molecule has 2 aromatic carbocycles. The average molecular weight is 372 g/mol. The number of ether oxygens (including phenoxy) is 1. The Morgan fingerprint density at radius 2 is 1.92 bits per heavy atom. The van der Waals surface area contributed by atoms with Gasteiger partial charge in [0.1, 0.15) is 5.82 Å². The van der Waals surface area contributed by atoms with Crippen LogP contribution in [0.15, 0.2) is 65.4 Å². The molecule has 26 heavy (non-hydrogen) atoms. The van der Waals surface area contributed by atoms with Crippen LogP contribution in [0.3, 0.4) is 0 Å². The van der Waals surface area contributed by atoms with E-state index in [9.17, 15) is 14.0 Å². The second-order valence-electron chi connectivity index (χ2n) is 5.65. The van der Waals surface area contributed by atoms with Crippen molar-refractivity contribution in [1.82, 2.24) is 0 Å². The van der Waals surface area contributed by atoms with Gasteiger partial charge in [-0.2, -0.15) is 0 Å². The highest BCUT2D eigenvalue weighted by Gasteiger charge is 2.38. The van der Waals surface area contributed by atoms with E-state index in [1.807, 2.05) is 0 Å². The number of esters is 1. The van der Waals surface area contributed by atoms with Crippen molar-refractivity contribution in [2.45, 2.75) is 6.92 Å². The van der Waals surface area contributed by atoms with Crippen molar-refractivity contribution in [3.8, 4) is 0 Å². The maximum Gasteiger partial charge on any atom is 0.340 e. The number of hydrogen-bond acceptors (Lipinski definition) is 3. The third-order valence-corrected chi connectivity index (χ3v) is 4.30. The SMILES string of the molecule is COC(=O)C1=C(C)N(c2cccc(Cl)c2)C(=O)/C1=C\c1ccccc1F. The van der Waals surface area contributed by atoms with E-state index < -0.39 is 17.7 Å². The summed E-state index contributed by atoms with van der Waals surface area (Å²) < 4.78 is 18.9. The summed E-state index contributed by atoms with van der Waals surface area (Å²) in [4.78, 5) is 26.7. The molecule has 1 amide bonds. The second-order valence-corrected chi connectivity index (χ2v) is 6.09. The average Bonchev–Trinajstić information content (AvgIpc) is 2.86. The van der Waals surface area contributed by atoms with Gasteiger partial charge in [-0.3, -0.25) is 9.69 Å². The van der Waals surface area contributed by atoms with Crippen LogP contribution < -0.4 is 4.90 Å². The molecule has 0 aromatic heterocycles. The zero-order valence-corrected chi connectivity index (χ0v) is 14.9. The third-order valence-electron chi connectivity index (χ3n) is 4.06. The Labute approximate surface area is 155 Å². The molecule has 4 nitrogen and oxygen atoms in total. The third kappa shape index (κ3) is 3.13. The maximum absolute atomic E-state index is 14.0. The molecule has 0 saturated carbocycles. The van der Waals surface area contributed by atoms with Gasteiger partial charge in [0.05, 0.1) is 23.9 Å². The molecule has 0 fully saturated rings. The zero-order valence-electron chi connectivity index (χ0n) is 14.1. The molecule has 132 valence electrons. The highest BCUT2D eigenvalue weighted by atomic mass is 35.5. The Hall–Kier alpha value is -2.92. The molecule has 6 heteroatoms. The van der Waals surface area contributed by atoms with Crippen LogP contribution in [-0.2, 0) is 14.3 Å². The molecule has 3 rings (SSSR count). The van der Waals surface area contributed by atoms with Crippen LogP contribution in [0.4, 0.5) is 10.1 Å². The van der Waals surface area contributed by atoms with Crippen LogP contribution in [-0.4, -0.2) is 19.0 Å². The monoisotopic (exact) mass is 371 g/mol. The predicted molar refractivity (Wildman–Crippen MR) is 98.0 cm³/mol. The fraction of sp³-hybridized carbons (Fsp3) is 0.100. The molecule has 0 radical (unpaired) electrons. The number of amides is 1. The van der Waals surface area contributed by atoms with E-state index in [4.69, 9.17) is 16.3 Å². The molecule has 1 aliphatic heterocycles. The molecule has 0 atom stereocenters. The Bertz CT molecular complexity index is 965. The van der Waals surface area contributed by atoms with Crippen molar-refractivity contribution < 1.29 is 18.7 Å². The van der Waals surface area contributed by atoms with E-state index in [-0.39, 0.29) is 16.7 Å². The summed E-state index contributed by atoms with van der Waals surface area (Å²) in [6.07, 6.45) is 1.36. The van der Waals surface area contributed by atoms with E-state index >= 15 is 0 Å². The molecule has 0 N–H and O–H groups in total. The van der Waals surface area contributed by atoms with Crippen LogP contribution in [0.2, 0.25) is 5.02 Å². The first-order valence-electron chi connectivity index (χ1n) is 7.80. The van der Waals surface area contributed by atoms with Gasteiger partial charge in [-0.1, -0.05) is 35.9 Å². The summed E-state index contributed by atoms with van der Waals surface area (Å²) in [5, 5.41) is 0.453. The predicted octanol–water partition coefficient (Wildman–Crippen LogP) is 4.36. The second kappa shape index (κ2) is 7.14. The van der Waals surface area contributed by atoms with Crippen LogP contribution in [0, 0.1) is 5.82 Å². The molecule has 1 aliphatic rings. The molecule has 0 bridgehead atoms. The van der Waals surface area contributed by atoms with Gasteiger partial charge in [-0.05, 0) is 37.3 Å². The fourth-order valence-corrected chi connectivity index (χ4v) is 3.04. The first-order chi connectivity index (χ1) is 12.4. The first kappa shape index (κ1) is 17.9. The number of rotatable bonds is 3. The lowest BCUT2D eigenvalue weighted by molar-refractivity contribution is -0.136. The van der Waals surface area contributed by atoms with Gasteiger partial charge in [0.2, 0.25) is 0 Å². The molecule has 0 saturated heterocycles. The molecule has 0 spiro atoms. The summed E-state index contributed by atoms with van der Waals surface area (Å²) in [6, 6.07) is 12.7. The Kier molecular flexibility index (Phi) is 4.91. The lowest BCUT2D eigenvalue weighted by atomic mass is 10.0. The van der Waals surface area contributed by atoms with Crippen molar-refractivity contribution >= 4 is 35.2 Å². The molecular formula is C20H15ClFNO3. The number of hydrogen-bond donors (Lipinski definition) is 0. The quantitative estimate of drug-likeness (QED) is 0.595. The van der Waals surface area contributed by atoms with Crippen LogP contribution in [0.1, 0.15) is 12.5 Å².